The monoisotopic (exact) mass is 527 g/mol. The van der Waals surface area contributed by atoms with Gasteiger partial charge in [0.25, 0.3) is 5.91 Å². The van der Waals surface area contributed by atoms with Gasteiger partial charge in [-0.2, -0.15) is 13.2 Å². The lowest BCUT2D eigenvalue weighted by Gasteiger charge is -2.38. The SMILES string of the molecule is NC(=CC(=Nc1ccccc1Cl)c1ccc(C(=O)N2CCC(O)(c3ccccc3)CC2)cc1)C(F)(F)F. The predicted octanol–water partition coefficient (Wildman–Crippen LogP) is 5.99. The van der Waals surface area contributed by atoms with Crippen LogP contribution in [-0.4, -0.2) is 40.9 Å². The van der Waals surface area contributed by atoms with Gasteiger partial charge in [0.15, 0.2) is 0 Å². The molecular weight excluding hydrogens is 503 g/mol. The molecule has 3 aromatic rings. The number of piperidine rings is 1. The minimum absolute atomic E-state index is 0.0483. The number of halogens is 4. The average molecular weight is 528 g/mol. The first-order chi connectivity index (χ1) is 17.6. The van der Waals surface area contributed by atoms with Gasteiger partial charge >= 0.3 is 6.18 Å². The minimum atomic E-state index is -4.73. The summed E-state index contributed by atoms with van der Waals surface area (Å²) >= 11 is 6.14. The number of allylic oxidation sites excluding steroid dienone is 2. The van der Waals surface area contributed by atoms with E-state index >= 15 is 0 Å². The van der Waals surface area contributed by atoms with Crippen molar-refractivity contribution in [1.29, 1.82) is 0 Å². The van der Waals surface area contributed by atoms with Crippen LogP contribution in [0.4, 0.5) is 18.9 Å². The maximum atomic E-state index is 13.1. The molecule has 0 bridgehead atoms. The van der Waals surface area contributed by atoms with E-state index in [1.54, 1.807) is 29.2 Å². The van der Waals surface area contributed by atoms with Gasteiger partial charge in [0.1, 0.15) is 5.70 Å². The highest BCUT2D eigenvalue weighted by Crippen LogP contribution is 2.33. The van der Waals surface area contributed by atoms with Crippen LogP contribution < -0.4 is 5.73 Å². The number of amides is 1. The molecule has 1 aliphatic heterocycles. The number of hydrogen-bond acceptors (Lipinski definition) is 4. The molecule has 1 fully saturated rings. The maximum absolute atomic E-state index is 13.1. The van der Waals surface area contributed by atoms with Crippen LogP contribution in [0.3, 0.4) is 0 Å². The highest BCUT2D eigenvalue weighted by molar-refractivity contribution is 6.33. The second-order valence-electron chi connectivity index (χ2n) is 8.81. The molecule has 9 heteroatoms. The van der Waals surface area contributed by atoms with Crippen molar-refractivity contribution in [2.24, 2.45) is 10.7 Å². The fourth-order valence-corrected chi connectivity index (χ4v) is 4.34. The second kappa shape index (κ2) is 10.8. The van der Waals surface area contributed by atoms with E-state index < -0.39 is 17.5 Å². The standard InChI is InChI=1S/C28H25ClF3N3O2/c29-22-8-4-5-9-23(22)34-24(18-25(33)28(30,31)32)19-10-12-20(13-11-19)26(36)35-16-14-27(37,15-17-35)21-6-2-1-3-7-21/h1-13,18,37H,14-17,33H2. The van der Waals surface area contributed by atoms with Crippen LogP contribution >= 0.6 is 11.6 Å². The summed E-state index contributed by atoms with van der Waals surface area (Å²) in [7, 11) is 0. The van der Waals surface area contributed by atoms with Gasteiger partial charge in [-0.05, 0) is 48.7 Å². The van der Waals surface area contributed by atoms with Crippen molar-refractivity contribution in [3.05, 3.63) is 112 Å². The molecule has 0 atom stereocenters. The molecule has 0 saturated carbocycles. The van der Waals surface area contributed by atoms with Gasteiger partial charge in [0.05, 0.1) is 22.0 Å². The van der Waals surface area contributed by atoms with E-state index in [2.05, 4.69) is 4.99 Å². The highest BCUT2D eigenvalue weighted by Gasteiger charge is 2.35. The second-order valence-corrected chi connectivity index (χ2v) is 9.22. The fraction of sp³-hybridized carbons (Fsp3) is 0.214. The van der Waals surface area contributed by atoms with Gasteiger partial charge in [-0.25, -0.2) is 4.99 Å². The van der Waals surface area contributed by atoms with Crippen molar-refractivity contribution >= 4 is 28.9 Å². The van der Waals surface area contributed by atoms with Gasteiger partial charge in [0.2, 0.25) is 0 Å². The molecule has 0 unspecified atom stereocenters. The number of alkyl halides is 3. The van der Waals surface area contributed by atoms with Gasteiger partial charge in [-0.1, -0.05) is 66.2 Å². The number of benzene rings is 3. The van der Waals surface area contributed by atoms with E-state index in [4.69, 9.17) is 17.3 Å². The van der Waals surface area contributed by atoms with Crippen LogP contribution in [-0.2, 0) is 5.60 Å². The Bertz CT molecular complexity index is 1310. The first-order valence-corrected chi connectivity index (χ1v) is 12.0. The zero-order chi connectivity index (χ0) is 26.6. The Morgan fingerprint density at radius 1 is 0.946 bits per heavy atom. The Labute approximate surface area is 217 Å². The molecule has 1 aliphatic rings. The lowest BCUT2D eigenvalue weighted by molar-refractivity contribution is -0.0925. The summed E-state index contributed by atoms with van der Waals surface area (Å²) in [5, 5.41) is 11.3. The van der Waals surface area contributed by atoms with Crippen LogP contribution in [0.1, 0.15) is 34.3 Å². The number of nitrogens with zero attached hydrogens (tertiary/aromatic N) is 2. The first-order valence-electron chi connectivity index (χ1n) is 11.6. The largest absolute Gasteiger partial charge is 0.430 e. The minimum Gasteiger partial charge on any atom is -0.395 e. The summed E-state index contributed by atoms with van der Waals surface area (Å²) < 4.78 is 39.4. The Hall–Kier alpha value is -3.62. The number of carbonyl (C=O) groups excluding carboxylic acids is 1. The van der Waals surface area contributed by atoms with E-state index in [0.29, 0.717) is 37.1 Å². The summed E-state index contributed by atoms with van der Waals surface area (Å²) in [6, 6.07) is 22.0. The molecule has 0 aromatic heterocycles. The number of hydrogen-bond donors (Lipinski definition) is 2. The fourth-order valence-electron chi connectivity index (χ4n) is 4.16. The molecule has 3 N–H and O–H groups in total. The van der Waals surface area contributed by atoms with E-state index in [9.17, 15) is 23.1 Å². The summed E-state index contributed by atoms with van der Waals surface area (Å²) in [6.45, 7) is 0.742. The molecule has 3 aromatic carbocycles. The van der Waals surface area contributed by atoms with Crippen molar-refractivity contribution in [2.75, 3.05) is 13.1 Å². The highest BCUT2D eigenvalue weighted by atomic mass is 35.5. The molecule has 0 aliphatic carbocycles. The van der Waals surface area contributed by atoms with Crippen molar-refractivity contribution in [3.8, 4) is 0 Å². The lowest BCUT2D eigenvalue weighted by Crippen LogP contribution is -2.45. The molecule has 37 heavy (non-hydrogen) atoms. The lowest BCUT2D eigenvalue weighted by atomic mass is 9.84. The van der Waals surface area contributed by atoms with Crippen molar-refractivity contribution in [3.63, 3.8) is 0 Å². The van der Waals surface area contributed by atoms with Crippen LogP contribution in [0.25, 0.3) is 0 Å². The van der Waals surface area contributed by atoms with E-state index in [-0.39, 0.29) is 22.3 Å². The van der Waals surface area contributed by atoms with Gasteiger partial charge in [-0.3, -0.25) is 4.79 Å². The molecule has 1 heterocycles. The smallest absolute Gasteiger partial charge is 0.395 e. The molecule has 0 radical (unpaired) electrons. The molecule has 5 nitrogen and oxygen atoms in total. The zero-order valence-electron chi connectivity index (χ0n) is 19.8. The number of para-hydroxylation sites is 1. The summed E-state index contributed by atoms with van der Waals surface area (Å²) in [4.78, 5) is 19.0. The number of rotatable bonds is 5. The average Bonchev–Trinajstić information content (AvgIpc) is 2.89. The van der Waals surface area contributed by atoms with Gasteiger partial charge < -0.3 is 15.7 Å². The van der Waals surface area contributed by atoms with Crippen LogP contribution in [0.2, 0.25) is 5.02 Å². The van der Waals surface area contributed by atoms with Crippen molar-refractivity contribution in [1.82, 2.24) is 4.90 Å². The Balaban J connectivity index is 1.55. The summed E-state index contributed by atoms with van der Waals surface area (Å²) in [6.07, 6.45) is -3.18. The first kappa shape index (κ1) is 26.4. The number of aliphatic hydroxyl groups is 1. The Morgan fingerprint density at radius 2 is 1.51 bits per heavy atom. The van der Waals surface area contributed by atoms with Crippen LogP contribution in [0.15, 0.2) is 95.6 Å². The third kappa shape index (κ3) is 6.21. The van der Waals surface area contributed by atoms with E-state index in [0.717, 1.165) is 11.6 Å². The van der Waals surface area contributed by atoms with E-state index in [1.807, 2.05) is 30.3 Å². The predicted molar refractivity (Wildman–Crippen MR) is 138 cm³/mol. The summed E-state index contributed by atoms with van der Waals surface area (Å²) in [5.74, 6) is -0.225. The third-order valence-electron chi connectivity index (χ3n) is 6.33. The zero-order valence-corrected chi connectivity index (χ0v) is 20.5. The Morgan fingerprint density at radius 3 is 2.11 bits per heavy atom. The van der Waals surface area contributed by atoms with Crippen LogP contribution in [0.5, 0.6) is 0 Å². The summed E-state index contributed by atoms with van der Waals surface area (Å²) in [5.41, 5.74) is 4.73. The number of aliphatic imine (C=N–C) groups is 1. The number of nitrogens with two attached hydrogens (primary N) is 1. The molecule has 0 spiro atoms. The number of likely N-dealkylation sites (tertiary alicyclic amines) is 1. The molecule has 1 saturated heterocycles. The van der Waals surface area contributed by atoms with Gasteiger partial charge in [0, 0.05) is 24.2 Å². The quantitative estimate of drug-likeness (QED) is 0.400. The molecule has 4 rings (SSSR count). The molecule has 192 valence electrons. The molecule has 1 amide bonds. The maximum Gasteiger partial charge on any atom is 0.430 e. The Kier molecular flexibility index (Phi) is 7.71. The van der Waals surface area contributed by atoms with Crippen molar-refractivity contribution in [2.45, 2.75) is 24.6 Å². The number of carbonyl (C=O) groups is 1. The normalized spacial score (nSPS) is 16.5. The van der Waals surface area contributed by atoms with E-state index in [1.165, 1.54) is 24.3 Å². The van der Waals surface area contributed by atoms with Crippen LogP contribution in [0, 0.1) is 0 Å². The topological polar surface area (TPSA) is 78.9 Å². The third-order valence-corrected chi connectivity index (χ3v) is 6.65. The molecular formula is C28H25ClF3N3O2. The van der Waals surface area contributed by atoms with Crippen molar-refractivity contribution < 1.29 is 23.1 Å². The van der Waals surface area contributed by atoms with Gasteiger partial charge in [-0.15, -0.1) is 0 Å².